The fourth-order valence-electron chi connectivity index (χ4n) is 2.00. The van der Waals surface area contributed by atoms with Gasteiger partial charge in [-0.15, -0.1) is 0 Å². The molecule has 7 nitrogen and oxygen atoms in total. The second-order valence-electron chi connectivity index (χ2n) is 4.30. The number of hydrogen-bond donors (Lipinski definition) is 2. The predicted molar refractivity (Wildman–Crippen MR) is 77.9 cm³/mol. The monoisotopic (exact) mass is 330 g/mol. The van der Waals surface area contributed by atoms with Gasteiger partial charge in [0.2, 0.25) is 20.0 Å². The number of hydrogen-bond acceptors (Lipinski definition) is 5. The minimum absolute atomic E-state index is 0.112. The Bertz CT molecular complexity index is 905. The predicted octanol–water partition coefficient (Wildman–Crippen LogP) is 0.533. The van der Waals surface area contributed by atoms with E-state index in [0.717, 1.165) is 0 Å². The van der Waals surface area contributed by atoms with Crippen LogP contribution < -0.4 is 15.0 Å². The van der Waals surface area contributed by atoms with E-state index < -0.39 is 20.0 Å². The van der Waals surface area contributed by atoms with E-state index in [4.69, 9.17) is 15.0 Å². The maximum atomic E-state index is 11.8. The van der Waals surface area contributed by atoms with Gasteiger partial charge < -0.3 is 4.74 Å². The molecule has 0 spiro atoms. The van der Waals surface area contributed by atoms with E-state index in [9.17, 15) is 16.8 Å². The minimum atomic E-state index is -4.04. The smallest absolute Gasteiger partial charge is 0.242 e. The Morgan fingerprint density at radius 2 is 1.67 bits per heavy atom. The van der Waals surface area contributed by atoms with Crippen LogP contribution in [0.15, 0.2) is 40.1 Å². The van der Waals surface area contributed by atoms with E-state index >= 15 is 0 Å². The third-order valence-corrected chi connectivity index (χ3v) is 4.72. The molecule has 4 N–H and O–H groups in total. The van der Waals surface area contributed by atoms with Crippen LogP contribution in [0.3, 0.4) is 0 Å². The minimum Gasteiger partial charge on any atom is -0.492 e. The van der Waals surface area contributed by atoms with Crippen molar-refractivity contribution in [3.63, 3.8) is 0 Å². The molecule has 0 fully saturated rings. The van der Waals surface area contributed by atoms with Crippen molar-refractivity contribution in [3.05, 3.63) is 30.3 Å². The van der Waals surface area contributed by atoms with E-state index in [-0.39, 0.29) is 27.5 Å². The molecule has 0 aliphatic rings. The molecule has 2 aromatic rings. The van der Waals surface area contributed by atoms with E-state index in [1.165, 1.54) is 24.3 Å². The lowest BCUT2D eigenvalue weighted by Gasteiger charge is -2.12. The van der Waals surface area contributed by atoms with Gasteiger partial charge in [0.1, 0.15) is 10.6 Å². The highest BCUT2D eigenvalue weighted by Crippen LogP contribution is 2.32. The van der Waals surface area contributed by atoms with Crippen LogP contribution in [0.1, 0.15) is 6.92 Å². The van der Waals surface area contributed by atoms with Crippen LogP contribution in [-0.4, -0.2) is 23.4 Å². The van der Waals surface area contributed by atoms with Crippen LogP contribution in [0.4, 0.5) is 0 Å². The van der Waals surface area contributed by atoms with Gasteiger partial charge in [0.25, 0.3) is 0 Å². The lowest BCUT2D eigenvalue weighted by molar-refractivity contribution is 0.332. The zero-order chi connectivity index (χ0) is 15.8. The number of primary sulfonamides is 2. The second-order valence-corrected chi connectivity index (χ2v) is 7.36. The Morgan fingerprint density at radius 1 is 1.00 bits per heavy atom. The van der Waals surface area contributed by atoms with Crippen molar-refractivity contribution >= 4 is 30.8 Å². The molecule has 0 heterocycles. The topological polar surface area (TPSA) is 130 Å². The molecule has 0 aliphatic heterocycles. The first-order valence-electron chi connectivity index (χ1n) is 5.89. The number of sulfonamides is 2. The molecule has 0 aliphatic carbocycles. The third kappa shape index (κ3) is 3.16. The van der Waals surface area contributed by atoms with Gasteiger partial charge in [0, 0.05) is 5.39 Å². The lowest BCUT2D eigenvalue weighted by atomic mass is 10.1. The number of nitrogens with two attached hydrogens (primary N) is 2. The van der Waals surface area contributed by atoms with E-state index in [1.54, 1.807) is 13.0 Å². The fraction of sp³-hybridized carbons (Fsp3) is 0.167. The van der Waals surface area contributed by atoms with Crippen molar-refractivity contribution in [2.45, 2.75) is 16.7 Å². The van der Waals surface area contributed by atoms with Crippen molar-refractivity contribution in [1.82, 2.24) is 0 Å². The van der Waals surface area contributed by atoms with Gasteiger partial charge in [-0.1, -0.05) is 12.1 Å². The summed E-state index contributed by atoms with van der Waals surface area (Å²) in [6, 6.07) is 6.83. The molecule has 0 saturated heterocycles. The Balaban J connectivity index is 2.85. The zero-order valence-corrected chi connectivity index (χ0v) is 12.7. The van der Waals surface area contributed by atoms with Crippen LogP contribution in [-0.2, 0) is 20.0 Å². The molecule has 2 aromatic carbocycles. The van der Waals surface area contributed by atoms with Gasteiger partial charge in [-0.05, 0) is 30.5 Å². The Kier molecular flexibility index (Phi) is 3.93. The normalized spacial score (nSPS) is 12.5. The summed E-state index contributed by atoms with van der Waals surface area (Å²) in [5, 5.41) is 10.9. The quantitative estimate of drug-likeness (QED) is 0.844. The number of ether oxygens (including phenoxy) is 1. The highest BCUT2D eigenvalue weighted by molar-refractivity contribution is 7.89. The van der Waals surface area contributed by atoms with Gasteiger partial charge >= 0.3 is 0 Å². The van der Waals surface area contributed by atoms with Crippen molar-refractivity contribution in [2.75, 3.05) is 6.61 Å². The van der Waals surface area contributed by atoms with Crippen molar-refractivity contribution < 1.29 is 21.6 Å². The summed E-state index contributed by atoms with van der Waals surface area (Å²) in [4.78, 5) is -0.289. The summed E-state index contributed by atoms with van der Waals surface area (Å²) in [6.45, 7) is 1.98. The van der Waals surface area contributed by atoms with Crippen molar-refractivity contribution in [1.29, 1.82) is 0 Å². The highest BCUT2D eigenvalue weighted by Gasteiger charge is 2.20. The Hall–Kier alpha value is -1.68. The average Bonchev–Trinajstić information content (AvgIpc) is 2.35. The Labute approximate surface area is 122 Å². The molecule has 0 bridgehead atoms. The summed E-state index contributed by atoms with van der Waals surface area (Å²) >= 11 is 0. The maximum absolute atomic E-state index is 11.8. The Morgan fingerprint density at radius 3 is 2.19 bits per heavy atom. The van der Waals surface area contributed by atoms with E-state index in [0.29, 0.717) is 5.39 Å². The molecule has 21 heavy (non-hydrogen) atoms. The number of rotatable bonds is 4. The molecule has 0 aromatic heterocycles. The highest BCUT2D eigenvalue weighted by atomic mass is 32.2. The van der Waals surface area contributed by atoms with Gasteiger partial charge in [-0.3, -0.25) is 0 Å². The van der Waals surface area contributed by atoms with Gasteiger partial charge in [-0.25, -0.2) is 27.1 Å². The maximum Gasteiger partial charge on any atom is 0.242 e. The van der Waals surface area contributed by atoms with Crippen molar-refractivity contribution in [2.24, 2.45) is 10.3 Å². The summed E-state index contributed by atoms with van der Waals surface area (Å²) in [6.07, 6.45) is 0. The largest absolute Gasteiger partial charge is 0.492 e. The van der Waals surface area contributed by atoms with Crippen LogP contribution in [0.5, 0.6) is 5.75 Å². The van der Waals surface area contributed by atoms with E-state index in [2.05, 4.69) is 0 Å². The third-order valence-electron chi connectivity index (χ3n) is 2.82. The molecule has 0 unspecified atom stereocenters. The average molecular weight is 330 g/mol. The lowest BCUT2D eigenvalue weighted by Crippen LogP contribution is -2.15. The van der Waals surface area contributed by atoms with E-state index in [1.807, 2.05) is 0 Å². The second kappa shape index (κ2) is 5.26. The molecule has 0 amide bonds. The van der Waals surface area contributed by atoms with Crippen LogP contribution in [0.2, 0.25) is 0 Å². The number of fused-ring (bicyclic) bond motifs is 1. The molecule has 0 atom stereocenters. The first kappa shape index (κ1) is 15.7. The summed E-state index contributed by atoms with van der Waals surface area (Å²) in [5.41, 5.74) is 0. The molecular formula is C12H14N2O5S2. The molecule has 2 rings (SSSR count). The number of benzene rings is 2. The van der Waals surface area contributed by atoms with Crippen LogP contribution >= 0.6 is 0 Å². The van der Waals surface area contributed by atoms with Gasteiger partial charge in [0.05, 0.1) is 11.5 Å². The van der Waals surface area contributed by atoms with Crippen molar-refractivity contribution in [3.8, 4) is 5.75 Å². The van der Waals surface area contributed by atoms with Gasteiger partial charge in [0.15, 0.2) is 0 Å². The SMILES string of the molecule is CCOc1ccc2cc(S(N)(=O)=O)ccc2c1S(N)(=O)=O. The standard InChI is InChI=1S/C12H14N2O5S2/c1-2-19-11-6-3-8-7-9(20(13,15)16)4-5-10(8)12(11)21(14,17)18/h3-7H,2H2,1H3,(H2,13,15,16)(H2,14,17,18). The zero-order valence-electron chi connectivity index (χ0n) is 11.1. The summed E-state index contributed by atoms with van der Waals surface area (Å²) in [7, 11) is -7.91. The molecule has 114 valence electrons. The fourth-order valence-corrected chi connectivity index (χ4v) is 3.45. The molecule has 0 saturated carbocycles. The van der Waals surface area contributed by atoms with Crippen LogP contribution in [0, 0.1) is 0 Å². The van der Waals surface area contributed by atoms with Crippen LogP contribution in [0.25, 0.3) is 10.8 Å². The first-order valence-corrected chi connectivity index (χ1v) is 8.99. The molecule has 9 heteroatoms. The first-order chi connectivity index (χ1) is 9.64. The van der Waals surface area contributed by atoms with Gasteiger partial charge in [-0.2, -0.15) is 0 Å². The summed E-state index contributed by atoms with van der Waals surface area (Å²) < 4.78 is 51.5. The molecular weight excluding hydrogens is 316 g/mol. The molecule has 0 radical (unpaired) electrons. The summed E-state index contributed by atoms with van der Waals surface area (Å²) in [5.74, 6) is 0.121.